The zero-order valence-corrected chi connectivity index (χ0v) is 16.9. The van der Waals surface area contributed by atoms with Crippen molar-refractivity contribution < 1.29 is 19.1 Å². The van der Waals surface area contributed by atoms with E-state index in [4.69, 9.17) is 9.47 Å². The van der Waals surface area contributed by atoms with E-state index in [2.05, 4.69) is 4.99 Å². The molecule has 0 saturated heterocycles. The lowest BCUT2D eigenvalue weighted by Gasteiger charge is -2.06. The van der Waals surface area contributed by atoms with Gasteiger partial charge < -0.3 is 14.0 Å². The van der Waals surface area contributed by atoms with Gasteiger partial charge in [0.2, 0.25) is 0 Å². The maximum atomic E-state index is 12.6. The summed E-state index contributed by atoms with van der Waals surface area (Å²) in [5.41, 5.74) is 2.50. The number of esters is 1. The van der Waals surface area contributed by atoms with Gasteiger partial charge in [-0.15, -0.1) is 0 Å². The number of benzene rings is 2. The monoisotopic (exact) mass is 398 g/mol. The van der Waals surface area contributed by atoms with Crippen molar-refractivity contribution in [2.45, 2.75) is 26.8 Å². The first-order valence-corrected chi connectivity index (χ1v) is 9.82. The molecular weight excluding hydrogens is 376 g/mol. The smallest absolute Gasteiger partial charge is 0.307 e. The summed E-state index contributed by atoms with van der Waals surface area (Å²) in [4.78, 5) is 29.1. The van der Waals surface area contributed by atoms with Gasteiger partial charge in [0.25, 0.3) is 5.91 Å². The number of nitrogens with zero attached hydrogens (tertiary/aromatic N) is 2. The largest absolute Gasteiger partial charge is 0.494 e. The molecule has 0 spiro atoms. The van der Waals surface area contributed by atoms with Crippen LogP contribution in [0.4, 0.5) is 0 Å². The minimum atomic E-state index is -0.316. The topological polar surface area (TPSA) is 69.9 Å². The molecule has 3 rings (SSSR count). The molecule has 7 heteroatoms. The minimum absolute atomic E-state index is 0.196. The predicted molar refractivity (Wildman–Crippen MR) is 109 cm³/mol. The Hall–Kier alpha value is -2.93. The molecule has 0 atom stereocenters. The van der Waals surface area contributed by atoms with E-state index in [1.165, 1.54) is 18.4 Å². The highest BCUT2D eigenvalue weighted by molar-refractivity contribution is 7.16. The Bertz CT molecular complexity index is 1060. The van der Waals surface area contributed by atoms with E-state index < -0.39 is 0 Å². The highest BCUT2D eigenvalue weighted by atomic mass is 32.1. The molecule has 6 nitrogen and oxygen atoms in total. The van der Waals surface area contributed by atoms with E-state index in [9.17, 15) is 9.59 Å². The van der Waals surface area contributed by atoms with E-state index in [0.29, 0.717) is 23.5 Å². The fourth-order valence-electron chi connectivity index (χ4n) is 2.76. The molecule has 1 amide bonds. The van der Waals surface area contributed by atoms with Gasteiger partial charge in [-0.1, -0.05) is 29.0 Å². The highest BCUT2D eigenvalue weighted by Crippen LogP contribution is 2.24. The first-order valence-electron chi connectivity index (χ1n) is 9.00. The molecule has 0 saturated carbocycles. The molecule has 0 N–H and O–H groups in total. The second kappa shape index (κ2) is 8.84. The molecule has 0 aliphatic rings. The molecule has 0 unspecified atom stereocenters. The van der Waals surface area contributed by atoms with Crippen molar-refractivity contribution in [3.63, 3.8) is 0 Å². The number of methoxy groups -OCH3 is 1. The molecule has 3 aromatic rings. The van der Waals surface area contributed by atoms with Crippen molar-refractivity contribution in [2.24, 2.45) is 4.99 Å². The quantitative estimate of drug-likeness (QED) is 0.594. The van der Waals surface area contributed by atoms with Crippen LogP contribution < -0.4 is 9.54 Å². The van der Waals surface area contributed by atoms with Gasteiger partial charge in [-0.25, -0.2) is 0 Å². The van der Waals surface area contributed by atoms with Gasteiger partial charge in [0.1, 0.15) is 5.75 Å². The average Bonchev–Trinajstić information content (AvgIpc) is 3.03. The number of ether oxygens (including phenoxy) is 2. The van der Waals surface area contributed by atoms with Crippen LogP contribution in [0.5, 0.6) is 5.75 Å². The van der Waals surface area contributed by atoms with E-state index in [1.54, 1.807) is 12.1 Å². The molecule has 0 radical (unpaired) electrons. The first kappa shape index (κ1) is 19.8. The van der Waals surface area contributed by atoms with Gasteiger partial charge in [-0.2, -0.15) is 4.99 Å². The molecule has 1 aromatic heterocycles. The van der Waals surface area contributed by atoms with Crippen molar-refractivity contribution in [1.29, 1.82) is 0 Å². The number of hydrogen-bond acceptors (Lipinski definition) is 5. The SMILES string of the molecule is CCOc1ccc2c(c1)sc(=NC(=O)c1ccc(C)cc1)n2CCC(=O)OC. The molecule has 146 valence electrons. The van der Waals surface area contributed by atoms with Crippen molar-refractivity contribution in [2.75, 3.05) is 13.7 Å². The highest BCUT2D eigenvalue weighted by Gasteiger charge is 2.12. The van der Waals surface area contributed by atoms with Crippen LogP contribution in [-0.4, -0.2) is 30.2 Å². The summed E-state index contributed by atoms with van der Waals surface area (Å²) in [6, 6.07) is 13.0. The summed E-state index contributed by atoms with van der Waals surface area (Å²) in [7, 11) is 1.36. The third kappa shape index (κ3) is 4.48. The molecule has 2 aromatic carbocycles. The Labute approximate surface area is 167 Å². The van der Waals surface area contributed by atoms with Gasteiger partial charge in [0.15, 0.2) is 4.80 Å². The number of aromatic nitrogens is 1. The Morgan fingerprint density at radius 1 is 1.14 bits per heavy atom. The normalized spacial score (nSPS) is 11.6. The van der Waals surface area contributed by atoms with Gasteiger partial charge in [0, 0.05) is 12.1 Å². The van der Waals surface area contributed by atoms with Gasteiger partial charge in [0.05, 0.1) is 30.4 Å². The predicted octanol–water partition coefficient (Wildman–Crippen LogP) is 3.71. The van der Waals surface area contributed by atoms with Crippen LogP contribution >= 0.6 is 11.3 Å². The lowest BCUT2D eigenvalue weighted by molar-refractivity contribution is -0.140. The number of hydrogen-bond donors (Lipinski definition) is 0. The second-order valence-electron chi connectivity index (χ2n) is 6.21. The molecule has 0 bridgehead atoms. The van der Waals surface area contributed by atoms with Crippen LogP contribution in [0.3, 0.4) is 0 Å². The van der Waals surface area contributed by atoms with Gasteiger partial charge in [-0.05, 0) is 44.2 Å². The van der Waals surface area contributed by atoms with E-state index in [0.717, 1.165) is 21.5 Å². The summed E-state index contributed by atoms with van der Waals surface area (Å²) in [5.74, 6) is 0.129. The number of fused-ring (bicyclic) bond motifs is 1. The third-order valence-electron chi connectivity index (χ3n) is 4.23. The standard InChI is InChI=1S/C21H22N2O4S/c1-4-27-16-9-10-17-18(13-16)28-21(23(17)12-11-19(24)26-3)22-20(25)15-7-5-14(2)6-8-15/h5-10,13H,4,11-12H2,1-3H3. The second-order valence-corrected chi connectivity index (χ2v) is 7.22. The third-order valence-corrected chi connectivity index (χ3v) is 5.27. The maximum Gasteiger partial charge on any atom is 0.307 e. The van der Waals surface area contributed by atoms with Crippen molar-refractivity contribution in [1.82, 2.24) is 4.57 Å². The molecule has 0 aliphatic carbocycles. The summed E-state index contributed by atoms with van der Waals surface area (Å²) in [6.07, 6.45) is 0.196. The molecule has 0 fully saturated rings. The Morgan fingerprint density at radius 2 is 1.89 bits per heavy atom. The van der Waals surface area contributed by atoms with Crippen LogP contribution in [0.1, 0.15) is 29.3 Å². The Balaban J connectivity index is 2.06. The minimum Gasteiger partial charge on any atom is -0.494 e. The fraction of sp³-hybridized carbons (Fsp3) is 0.286. The van der Waals surface area contributed by atoms with Crippen molar-refractivity contribution in [3.8, 4) is 5.75 Å². The zero-order chi connectivity index (χ0) is 20.1. The van der Waals surface area contributed by atoms with Crippen LogP contribution in [0.2, 0.25) is 0 Å². The summed E-state index contributed by atoms with van der Waals surface area (Å²) >= 11 is 1.39. The van der Waals surface area contributed by atoms with Crippen molar-refractivity contribution >= 4 is 33.4 Å². The van der Waals surface area contributed by atoms with Gasteiger partial charge >= 0.3 is 5.97 Å². The lowest BCUT2D eigenvalue weighted by Crippen LogP contribution is -2.19. The summed E-state index contributed by atoms with van der Waals surface area (Å²) in [6.45, 7) is 4.84. The van der Waals surface area contributed by atoms with Gasteiger partial charge in [-0.3, -0.25) is 9.59 Å². The Morgan fingerprint density at radius 3 is 2.57 bits per heavy atom. The number of thiazole rings is 1. The number of rotatable bonds is 6. The molecule has 0 aliphatic heterocycles. The van der Waals surface area contributed by atoms with Crippen molar-refractivity contribution in [3.05, 3.63) is 58.4 Å². The number of aryl methyl sites for hydroxylation is 2. The fourth-order valence-corrected chi connectivity index (χ4v) is 3.85. The molecular formula is C21H22N2O4S. The zero-order valence-electron chi connectivity index (χ0n) is 16.1. The lowest BCUT2D eigenvalue weighted by atomic mass is 10.1. The molecule has 28 heavy (non-hydrogen) atoms. The summed E-state index contributed by atoms with van der Waals surface area (Å²) < 4.78 is 13.1. The van der Waals surface area contributed by atoms with Crippen LogP contribution in [0.15, 0.2) is 47.5 Å². The van der Waals surface area contributed by atoms with Crippen LogP contribution in [0, 0.1) is 6.92 Å². The average molecular weight is 398 g/mol. The number of amides is 1. The van der Waals surface area contributed by atoms with Crippen LogP contribution in [-0.2, 0) is 16.1 Å². The van der Waals surface area contributed by atoms with E-state index in [1.807, 2.05) is 48.7 Å². The van der Waals surface area contributed by atoms with E-state index in [-0.39, 0.29) is 18.3 Å². The number of carbonyl (C=O) groups excluding carboxylic acids is 2. The first-order chi connectivity index (χ1) is 13.5. The Kier molecular flexibility index (Phi) is 6.26. The molecule has 1 heterocycles. The summed E-state index contributed by atoms with van der Waals surface area (Å²) in [5, 5.41) is 0. The maximum absolute atomic E-state index is 12.6. The number of carbonyl (C=O) groups is 2. The van der Waals surface area contributed by atoms with Crippen LogP contribution in [0.25, 0.3) is 10.2 Å². The van der Waals surface area contributed by atoms with E-state index >= 15 is 0 Å².